The second-order valence-electron chi connectivity index (χ2n) is 4.51. The zero-order valence-corrected chi connectivity index (χ0v) is 11.8. The molecular formula is C15H14N4O3. The predicted molar refractivity (Wildman–Crippen MR) is 83.6 cm³/mol. The summed E-state index contributed by atoms with van der Waals surface area (Å²) < 4.78 is 0. The van der Waals surface area contributed by atoms with Crippen molar-refractivity contribution in [1.82, 2.24) is 5.01 Å². The minimum Gasteiger partial charge on any atom is -0.398 e. The number of hydrogen-bond donors (Lipinski definition) is 1. The lowest BCUT2D eigenvalue weighted by molar-refractivity contribution is -0.384. The summed E-state index contributed by atoms with van der Waals surface area (Å²) in [5, 5.41) is 15.7. The molecule has 2 aromatic rings. The Morgan fingerprint density at radius 3 is 2.45 bits per heavy atom. The molecule has 0 saturated carbocycles. The van der Waals surface area contributed by atoms with E-state index < -0.39 is 4.92 Å². The van der Waals surface area contributed by atoms with Crippen molar-refractivity contribution in [3.63, 3.8) is 0 Å². The van der Waals surface area contributed by atoms with Gasteiger partial charge < -0.3 is 5.73 Å². The van der Waals surface area contributed by atoms with Crippen molar-refractivity contribution in [2.75, 3.05) is 12.8 Å². The Morgan fingerprint density at radius 2 is 1.86 bits per heavy atom. The van der Waals surface area contributed by atoms with Crippen LogP contribution in [0, 0.1) is 10.1 Å². The van der Waals surface area contributed by atoms with Crippen LogP contribution >= 0.6 is 0 Å². The Hall–Kier alpha value is -3.22. The van der Waals surface area contributed by atoms with Crippen LogP contribution in [0.25, 0.3) is 0 Å². The fourth-order valence-electron chi connectivity index (χ4n) is 1.75. The fourth-order valence-corrected chi connectivity index (χ4v) is 1.75. The fraction of sp³-hybridized carbons (Fsp3) is 0.0667. The standard InChI is InChI=1S/C15H14N4O3/c1-18(15(20)13-4-2-3-5-14(13)16)17-10-11-6-8-12(9-7-11)19(21)22/h2-10H,16H2,1H3/b17-10+. The Balaban J connectivity index is 2.11. The molecule has 0 aromatic heterocycles. The van der Waals surface area contributed by atoms with Crippen molar-refractivity contribution < 1.29 is 9.72 Å². The molecule has 22 heavy (non-hydrogen) atoms. The third-order valence-electron chi connectivity index (χ3n) is 2.97. The van der Waals surface area contributed by atoms with E-state index in [9.17, 15) is 14.9 Å². The molecule has 0 aliphatic rings. The number of benzene rings is 2. The highest BCUT2D eigenvalue weighted by atomic mass is 16.6. The molecule has 0 fully saturated rings. The summed E-state index contributed by atoms with van der Waals surface area (Å²) in [6, 6.07) is 12.6. The molecule has 0 aliphatic heterocycles. The molecule has 7 nitrogen and oxygen atoms in total. The smallest absolute Gasteiger partial charge is 0.275 e. The normalized spacial score (nSPS) is 10.6. The number of hydrazone groups is 1. The zero-order valence-electron chi connectivity index (χ0n) is 11.8. The zero-order chi connectivity index (χ0) is 16.1. The number of nitrogen functional groups attached to an aromatic ring is 1. The Labute approximate surface area is 126 Å². The van der Waals surface area contributed by atoms with Crippen LogP contribution in [0.1, 0.15) is 15.9 Å². The van der Waals surface area contributed by atoms with Crippen LogP contribution < -0.4 is 5.73 Å². The van der Waals surface area contributed by atoms with E-state index in [2.05, 4.69) is 5.10 Å². The number of non-ortho nitro benzene ring substituents is 1. The van der Waals surface area contributed by atoms with E-state index in [0.29, 0.717) is 16.8 Å². The van der Waals surface area contributed by atoms with Crippen LogP contribution in [-0.2, 0) is 0 Å². The first kappa shape index (κ1) is 15.2. The quantitative estimate of drug-likeness (QED) is 0.405. The highest BCUT2D eigenvalue weighted by Crippen LogP contribution is 2.13. The van der Waals surface area contributed by atoms with E-state index in [1.807, 2.05) is 0 Å². The predicted octanol–water partition coefficient (Wildman–Crippen LogP) is 2.28. The first-order valence-corrected chi connectivity index (χ1v) is 6.40. The molecular weight excluding hydrogens is 284 g/mol. The minimum atomic E-state index is -0.477. The molecule has 1 amide bonds. The molecule has 2 rings (SSSR count). The van der Waals surface area contributed by atoms with Gasteiger partial charge in [-0.25, -0.2) is 5.01 Å². The molecule has 2 aromatic carbocycles. The summed E-state index contributed by atoms with van der Waals surface area (Å²) in [5.74, 6) is -0.337. The molecule has 2 N–H and O–H groups in total. The van der Waals surface area contributed by atoms with E-state index in [1.165, 1.54) is 25.4 Å². The van der Waals surface area contributed by atoms with Crippen LogP contribution in [0.5, 0.6) is 0 Å². The maximum Gasteiger partial charge on any atom is 0.275 e. The van der Waals surface area contributed by atoms with Crippen molar-refractivity contribution in [1.29, 1.82) is 0 Å². The van der Waals surface area contributed by atoms with E-state index in [1.54, 1.807) is 36.4 Å². The van der Waals surface area contributed by atoms with Gasteiger partial charge in [-0.15, -0.1) is 0 Å². The minimum absolute atomic E-state index is 0.00126. The summed E-state index contributed by atoms with van der Waals surface area (Å²) in [6.45, 7) is 0. The van der Waals surface area contributed by atoms with Gasteiger partial charge in [-0.1, -0.05) is 12.1 Å². The van der Waals surface area contributed by atoms with Crippen LogP contribution in [0.4, 0.5) is 11.4 Å². The van der Waals surface area contributed by atoms with Gasteiger partial charge in [0.15, 0.2) is 0 Å². The number of amides is 1. The Kier molecular flexibility index (Phi) is 4.47. The molecule has 0 spiro atoms. The second-order valence-corrected chi connectivity index (χ2v) is 4.51. The van der Waals surface area contributed by atoms with Gasteiger partial charge in [0.25, 0.3) is 11.6 Å². The van der Waals surface area contributed by atoms with E-state index in [0.717, 1.165) is 5.01 Å². The van der Waals surface area contributed by atoms with Crippen molar-refractivity contribution in [3.8, 4) is 0 Å². The van der Waals surface area contributed by atoms with E-state index in [4.69, 9.17) is 5.73 Å². The number of rotatable bonds is 4. The van der Waals surface area contributed by atoms with E-state index in [-0.39, 0.29) is 11.6 Å². The summed E-state index contributed by atoms with van der Waals surface area (Å²) >= 11 is 0. The van der Waals surface area contributed by atoms with Gasteiger partial charge in [0.05, 0.1) is 16.7 Å². The number of carbonyl (C=O) groups excluding carboxylic acids is 1. The maximum absolute atomic E-state index is 12.2. The van der Waals surface area contributed by atoms with Gasteiger partial charge >= 0.3 is 0 Å². The van der Waals surface area contributed by atoms with Gasteiger partial charge in [0, 0.05) is 24.9 Å². The van der Waals surface area contributed by atoms with Crippen molar-refractivity contribution in [2.24, 2.45) is 5.10 Å². The molecule has 0 bridgehead atoms. The first-order chi connectivity index (χ1) is 10.5. The number of nitro groups is 1. The van der Waals surface area contributed by atoms with E-state index >= 15 is 0 Å². The van der Waals surface area contributed by atoms with Gasteiger partial charge in [0.1, 0.15) is 0 Å². The van der Waals surface area contributed by atoms with Crippen LogP contribution in [0.3, 0.4) is 0 Å². The average molecular weight is 298 g/mol. The number of para-hydroxylation sites is 1. The molecule has 0 atom stereocenters. The van der Waals surface area contributed by atoms with Crippen molar-refractivity contribution >= 4 is 23.5 Å². The highest BCUT2D eigenvalue weighted by Gasteiger charge is 2.13. The van der Waals surface area contributed by atoms with Crippen LogP contribution in [0.15, 0.2) is 53.6 Å². The number of anilines is 1. The average Bonchev–Trinajstić information content (AvgIpc) is 2.52. The lowest BCUT2D eigenvalue weighted by Gasteiger charge is -2.12. The monoisotopic (exact) mass is 298 g/mol. The van der Waals surface area contributed by atoms with Crippen LogP contribution in [-0.4, -0.2) is 29.1 Å². The number of hydrogen-bond acceptors (Lipinski definition) is 5. The van der Waals surface area contributed by atoms with Crippen molar-refractivity contribution in [3.05, 3.63) is 69.8 Å². The molecule has 0 heterocycles. The van der Waals surface area contributed by atoms with Gasteiger partial charge in [-0.3, -0.25) is 14.9 Å². The highest BCUT2D eigenvalue weighted by molar-refractivity contribution is 5.99. The summed E-state index contributed by atoms with van der Waals surface area (Å²) in [7, 11) is 1.51. The third kappa shape index (κ3) is 3.45. The van der Waals surface area contributed by atoms with Crippen LogP contribution in [0.2, 0.25) is 0 Å². The van der Waals surface area contributed by atoms with Gasteiger partial charge in [-0.05, 0) is 29.8 Å². The topological polar surface area (TPSA) is 102 Å². The molecule has 0 aliphatic carbocycles. The molecule has 0 radical (unpaired) electrons. The lowest BCUT2D eigenvalue weighted by atomic mass is 10.1. The summed E-state index contributed by atoms with van der Waals surface area (Å²) in [4.78, 5) is 22.3. The van der Waals surface area contributed by atoms with Crippen molar-refractivity contribution in [2.45, 2.75) is 0 Å². The Morgan fingerprint density at radius 1 is 1.23 bits per heavy atom. The first-order valence-electron chi connectivity index (χ1n) is 6.40. The van der Waals surface area contributed by atoms with Gasteiger partial charge in [-0.2, -0.15) is 5.10 Å². The Bertz CT molecular complexity index is 726. The number of carbonyl (C=O) groups is 1. The summed E-state index contributed by atoms with van der Waals surface area (Å²) in [5.41, 5.74) is 7.14. The lowest BCUT2D eigenvalue weighted by Crippen LogP contribution is -2.22. The SMILES string of the molecule is CN(/N=C/c1ccc([N+](=O)[O-])cc1)C(=O)c1ccccc1N. The number of nitrogens with zero attached hydrogens (tertiary/aromatic N) is 3. The number of nitro benzene ring substituents is 1. The third-order valence-corrected chi connectivity index (χ3v) is 2.97. The summed E-state index contributed by atoms with van der Waals surface area (Å²) in [6.07, 6.45) is 1.45. The maximum atomic E-state index is 12.2. The molecule has 0 unspecified atom stereocenters. The molecule has 0 saturated heterocycles. The number of nitrogens with two attached hydrogens (primary N) is 1. The van der Waals surface area contributed by atoms with Gasteiger partial charge in [0.2, 0.25) is 0 Å². The second kappa shape index (κ2) is 6.49. The largest absolute Gasteiger partial charge is 0.398 e. The molecule has 7 heteroatoms. The molecule has 112 valence electrons.